The molecule has 0 spiro atoms. The van der Waals surface area contributed by atoms with Crippen LogP contribution in [0.2, 0.25) is 0 Å². The molecule has 4 heterocycles. The summed E-state index contributed by atoms with van der Waals surface area (Å²) in [5, 5.41) is 16.3. The lowest BCUT2D eigenvalue weighted by atomic mass is 9.94. The van der Waals surface area contributed by atoms with E-state index in [0.29, 0.717) is 44.1 Å². The Morgan fingerprint density at radius 1 is 0.846 bits per heavy atom. The Balaban J connectivity index is 0.00000308. The topological polar surface area (TPSA) is 95.8 Å². The normalized spacial score (nSPS) is 18.4. The highest BCUT2D eigenvalue weighted by atomic mass is 35.5. The molecule has 6 rings (SSSR count). The van der Waals surface area contributed by atoms with Gasteiger partial charge in [-0.15, -0.1) is 12.4 Å². The molecule has 11 heteroatoms. The fraction of sp³-hybridized carbons (Fsp3) is 0.429. The molecular weight excluding hydrogens is 534 g/mol. The van der Waals surface area contributed by atoms with Crippen LogP contribution in [0.15, 0.2) is 42.5 Å². The maximum atomic E-state index is 12.1. The molecule has 39 heavy (non-hydrogen) atoms. The van der Waals surface area contributed by atoms with E-state index < -0.39 is 10.0 Å². The van der Waals surface area contributed by atoms with E-state index in [1.54, 1.807) is 0 Å². The Morgan fingerprint density at radius 3 is 2.26 bits per heavy atom. The first kappa shape index (κ1) is 27.5. The van der Waals surface area contributed by atoms with E-state index in [2.05, 4.69) is 68.6 Å². The number of rotatable bonds is 4. The summed E-state index contributed by atoms with van der Waals surface area (Å²) in [5.41, 5.74) is 4.03. The Hall–Kier alpha value is -3.10. The highest BCUT2D eigenvalue weighted by Crippen LogP contribution is 2.38. The lowest BCUT2D eigenvalue weighted by molar-refractivity contribution is 0.386. The molecular formula is C28H34ClN7O2S. The van der Waals surface area contributed by atoms with Gasteiger partial charge in [0.2, 0.25) is 10.0 Å². The zero-order valence-corrected chi connectivity index (χ0v) is 23.8. The minimum absolute atomic E-state index is 0. The van der Waals surface area contributed by atoms with E-state index in [0.717, 1.165) is 50.5 Å². The first-order valence-electron chi connectivity index (χ1n) is 13.3. The van der Waals surface area contributed by atoms with Crippen molar-refractivity contribution in [2.75, 3.05) is 79.9 Å². The second-order valence-electron chi connectivity index (χ2n) is 10.3. The first-order chi connectivity index (χ1) is 18.4. The van der Waals surface area contributed by atoms with Crippen LogP contribution in [0.3, 0.4) is 0 Å². The van der Waals surface area contributed by atoms with Gasteiger partial charge in [0.05, 0.1) is 11.8 Å². The van der Waals surface area contributed by atoms with Gasteiger partial charge in [-0.1, -0.05) is 36.4 Å². The number of nitrogens with zero attached hydrogens (tertiary/aromatic N) is 6. The van der Waals surface area contributed by atoms with Crippen LogP contribution < -0.4 is 20.0 Å². The summed E-state index contributed by atoms with van der Waals surface area (Å²) in [7, 11) is -3.24. The van der Waals surface area contributed by atoms with Crippen LogP contribution in [0.4, 0.5) is 17.3 Å². The van der Waals surface area contributed by atoms with E-state index in [-0.39, 0.29) is 12.4 Å². The number of fused-ring (bicyclic) bond motifs is 2. The molecule has 206 valence electrons. The van der Waals surface area contributed by atoms with E-state index in [1.165, 1.54) is 32.6 Å². The number of halogens is 1. The molecule has 9 nitrogen and oxygen atoms in total. The molecule has 3 aliphatic heterocycles. The molecule has 1 aromatic heterocycles. The average Bonchev–Trinajstić information content (AvgIpc) is 2.95. The van der Waals surface area contributed by atoms with Crippen molar-refractivity contribution in [3.05, 3.63) is 59.2 Å². The van der Waals surface area contributed by atoms with Crippen LogP contribution in [0.5, 0.6) is 0 Å². The van der Waals surface area contributed by atoms with E-state index in [9.17, 15) is 13.7 Å². The molecule has 0 bridgehead atoms. The quantitative estimate of drug-likeness (QED) is 0.514. The number of hydrogen-bond acceptors (Lipinski definition) is 8. The van der Waals surface area contributed by atoms with Crippen LogP contribution in [-0.2, 0) is 23.0 Å². The molecule has 3 aromatic rings. The number of pyridine rings is 1. The zero-order valence-electron chi connectivity index (χ0n) is 22.1. The van der Waals surface area contributed by atoms with Gasteiger partial charge in [0, 0.05) is 82.1 Å². The summed E-state index contributed by atoms with van der Waals surface area (Å²) in [6, 6.07) is 17.4. The lowest BCUT2D eigenvalue weighted by Crippen LogP contribution is -2.49. The highest BCUT2D eigenvalue weighted by Gasteiger charge is 2.32. The van der Waals surface area contributed by atoms with E-state index in [1.807, 2.05) is 0 Å². The molecule has 2 saturated heterocycles. The maximum absolute atomic E-state index is 12.1. The van der Waals surface area contributed by atoms with Gasteiger partial charge in [0.15, 0.2) is 0 Å². The summed E-state index contributed by atoms with van der Waals surface area (Å²) in [5.74, 6) is 1.67. The minimum atomic E-state index is -3.24. The molecule has 2 fully saturated rings. The van der Waals surface area contributed by atoms with E-state index >= 15 is 0 Å². The summed E-state index contributed by atoms with van der Waals surface area (Å²) in [6.07, 6.45) is 2.08. The number of benzene rings is 2. The number of anilines is 3. The predicted molar refractivity (Wildman–Crippen MR) is 159 cm³/mol. The third-order valence-electron chi connectivity index (χ3n) is 7.99. The SMILES string of the molecule is CS(=O)(=O)N1CCN(c2nc(N3CCNCC3)c3c(c2C#N)CN(c2cccc4ccccc24)CC3)CC1.Cl. The van der Waals surface area contributed by atoms with Crippen LogP contribution in [0.25, 0.3) is 10.8 Å². The summed E-state index contributed by atoms with van der Waals surface area (Å²) >= 11 is 0. The Labute approximate surface area is 236 Å². The van der Waals surface area contributed by atoms with Crippen molar-refractivity contribution in [2.24, 2.45) is 0 Å². The lowest BCUT2D eigenvalue weighted by Gasteiger charge is -2.39. The van der Waals surface area contributed by atoms with Crippen molar-refractivity contribution in [1.82, 2.24) is 14.6 Å². The van der Waals surface area contributed by atoms with E-state index in [4.69, 9.17) is 4.98 Å². The number of nitrogens with one attached hydrogen (secondary N) is 1. The number of nitriles is 1. The molecule has 0 atom stereocenters. The van der Waals surface area contributed by atoms with Gasteiger partial charge in [0.25, 0.3) is 0 Å². The fourth-order valence-electron chi connectivity index (χ4n) is 6.00. The summed E-state index contributed by atoms with van der Waals surface area (Å²) < 4.78 is 25.7. The molecule has 0 saturated carbocycles. The van der Waals surface area contributed by atoms with Crippen LogP contribution >= 0.6 is 12.4 Å². The maximum Gasteiger partial charge on any atom is 0.211 e. The minimum Gasteiger partial charge on any atom is -0.366 e. The Bertz CT molecular complexity index is 1510. The van der Waals surface area contributed by atoms with Crippen molar-refractivity contribution < 1.29 is 8.42 Å². The second kappa shape index (κ2) is 11.2. The number of sulfonamides is 1. The molecule has 3 aliphatic rings. The average molecular weight is 568 g/mol. The molecule has 2 aromatic carbocycles. The second-order valence-corrected chi connectivity index (χ2v) is 12.2. The Kier molecular flexibility index (Phi) is 7.87. The van der Waals surface area contributed by atoms with Gasteiger partial charge in [-0.3, -0.25) is 0 Å². The van der Waals surface area contributed by atoms with Gasteiger partial charge in [0.1, 0.15) is 17.7 Å². The molecule has 0 aliphatic carbocycles. The summed E-state index contributed by atoms with van der Waals surface area (Å²) in [6.45, 7) is 6.88. The monoisotopic (exact) mass is 567 g/mol. The third kappa shape index (κ3) is 5.24. The molecule has 0 radical (unpaired) electrons. The van der Waals surface area contributed by atoms with Crippen molar-refractivity contribution in [3.63, 3.8) is 0 Å². The molecule has 1 N–H and O–H groups in total. The van der Waals surface area contributed by atoms with Crippen molar-refractivity contribution in [3.8, 4) is 6.07 Å². The zero-order chi connectivity index (χ0) is 26.3. The fourth-order valence-corrected chi connectivity index (χ4v) is 6.83. The predicted octanol–water partition coefficient (Wildman–Crippen LogP) is 2.58. The van der Waals surface area contributed by atoms with Gasteiger partial charge >= 0.3 is 0 Å². The first-order valence-corrected chi connectivity index (χ1v) is 15.1. The molecule has 0 amide bonds. The Morgan fingerprint density at radius 2 is 1.54 bits per heavy atom. The number of aromatic nitrogens is 1. The van der Waals surface area contributed by atoms with Crippen molar-refractivity contribution in [1.29, 1.82) is 5.26 Å². The van der Waals surface area contributed by atoms with Crippen LogP contribution in [-0.4, -0.2) is 82.9 Å². The largest absolute Gasteiger partial charge is 0.366 e. The van der Waals surface area contributed by atoms with Crippen molar-refractivity contribution >= 4 is 50.5 Å². The van der Waals surface area contributed by atoms with Crippen LogP contribution in [0, 0.1) is 11.3 Å². The standard InChI is InChI=1S/C28H33N7O2S.ClH/c1-38(36,37)35-17-15-33(16-18-35)28-24(19-29)25-20-34(26-8-4-6-21-5-2-3-7-22(21)26)12-9-23(25)27(31-28)32-13-10-30-11-14-32;/h2-8,30H,9-18,20H2,1H3;1H. The highest BCUT2D eigenvalue weighted by molar-refractivity contribution is 7.88. The number of hydrogen-bond donors (Lipinski definition) is 1. The van der Waals surface area contributed by atoms with Gasteiger partial charge in [-0.05, 0) is 23.4 Å². The summed E-state index contributed by atoms with van der Waals surface area (Å²) in [4.78, 5) is 12.0. The van der Waals surface area contributed by atoms with Gasteiger partial charge < -0.3 is 20.0 Å². The van der Waals surface area contributed by atoms with Crippen LogP contribution in [0.1, 0.15) is 16.7 Å². The smallest absolute Gasteiger partial charge is 0.211 e. The van der Waals surface area contributed by atoms with Crippen molar-refractivity contribution in [2.45, 2.75) is 13.0 Å². The number of piperazine rings is 2. The third-order valence-corrected chi connectivity index (χ3v) is 9.30. The molecule has 0 unspecified atom stereocenters. The van der Waals surface area contributed by atoms with Gasteiger partial charge in [-0.2, -0.15) is 9.57 Å². The van der Waals surface area contributed by atoms with Gasteiger partial charge in [-0.25, -0.2) is 13.4 Å².